The van der Waals surface area contributed by atoms with Crippen LogP contribution in [0, 0.1) is 27.3 Å². The fourth-order valence-electron chi connectivity index (χ4n) is 11.7. The van der Waals surface area contributed by atoms with Gasteiger partial charge in [-0.15, -0.1) is 0 Å². The number of hydrogen-bond acceptors (Lipinski definition) is 12. The van der Waals surface area contributed by atoms with Gasteiger partial charge in [0.25, 0.3) is 21.6 Å². The molecule has 15 nitrogen and oxygen atoms in total. The molecule has 0 unspecified atom stereocenters. The van der Waals surface area contributed by atoms with E-state index in [0.717, 1.165) is 69.9 Å². The van der Waals surface area contributed by atoms with Crippen molar-refractivity contribution < 1.29 is 37.1 Å². The van der Waals surface area contributed by atoms with E-state index in [9.17, 15) is 32.8 Å². The van der Waals surface area contributed by atoms with Crippen LogP contribution in [0.5, 0.6) is 17.2 Å². The van der Waals surface area contributed by atoms with E-state index >= 15 is 0 Å². The Kier molecular flexibility index (Phi) is 12.1. The minimum Gasteiger partial charge on any atom is -0.489 e. The molecule has 17 heteroatoms. The molecule has 68 heavy (non-hydrogen) atoms. The molecule has 10 rings (SSSR count). The third-order valence-corrected chi connectivity index (χ3v) is 16.8. The van der Waals surface area contributed by atoms with E-state index in [2.05, 4.69) is 67.9 Å². The maximum atomic E-state index is 14.7. The maximum Gasteiger partial charge on any atom is 0.297 e. The van der Waals surface area contributed by atoms with E-state index < -0.39 is 42.9 Å². The normalized spacial score (nSPS) is 24.0. The lowest BCUT2D eigenvalue weighted by Crippen LogP contribution is -2.54. The van der Waals surface area contributed by atoms with Crippen molar-refractivity contribution in [3.8, 4) is 17.2 Å². The van der Waals surface area contributed by atoms with Crippen molar-refractivity contribution in [1.29, 1.82) is 0 Å². The molecule has 4 fully saturated rings. The van der Waals surface area contributed by atoms with Gasteiger partial charge in [-0.25, -0.2) is 22.5 Å². The summed E-state index contributed by atoms with van der Waals surface area (Å²) in [5.41, 5.74) is 3.01. The van der Waals surface area contributed by atoms with Crippen LogP contribution in [0.15, 0.2) is 78.0 Å². The van der Waals surface area contributed by atoms with Gasteiger partial charge in [0.1, 0.15) is 29.6 Å². The number of H-pyrrole nitrogens is 1. The average Bonchev–Trinajstić information content (AvgIpc) is 3.94. The first-order chi connectivity index (χ1) is 32.5. The lowest BCUT2D eigenvalue weighted by atomic mass is 9.59. The molecule has 3 aromatic carbocycles. The molecule has 3 aliphatic heterocycles. The predicted molar refractivity (Wildman–Crippen MR) is 257 cm³/mol. The van der Waals surface area contributed by atoms with Gasteiger partial charge >= 0.3 is 0 Å². The van der Waals surface area contributed by atoms with Gasteiger partial charge in [0.05, 0.1) is 38.6 Å². The molecule has 0 bridgehead atoms. The summed E-state index contributed by atoms with van der Waals surface area (Å²) in [6, 6.07) is 18.2. The highest BCUT2D eigenvalue weighted by atomic mass is 32.2. The molecular formula is C51H60FN7O8S. The minimum absolute atomic E-state index is 0.0171. The van der Waals surface area contributed by atoms with Crippen molar-refractivity contribution in [3.63, 3.8) is 0 Å². The smallest absolute Gasteiger partial charge is 0.297 e. The largest absolute Gasteiger partial charge is 0.489 e. The molecule has 1 spiro atoms. The molecule has 2 saturated carbocycles. The zero-order valence-corrected chi connectivity index (χ0v) is 39.6. The number of halogens is 1. The van der Waals surface area contributed by atoms with Crippen molar-refractivity contribution in [3.05, 3.63) is 106 Å². The van der Waals surface area contributed by atoms with Crippen molar-refractivity contribution in [2.24, 2.45) is 11.3 Å². The number of carbonyl (C=O) groups is 1. The monoisotopic (exact) mass is 949 g/mol. The van der Waals surface area contributed by atoms with Crippen LogP contribution in [0.3, 0.4) is 0 Å². The number of amides is 1. The topological polar surface area (TPSA) is 192 Å². The predicted octanol–water partition coefficient (Wildman–Crippen LogP) is 9.73. The van der Waals surface area contributed by atoms with Crippen molar-refractivity contribution in [1.82, 2.24) is 19.6 Å². The maximum absolute atomic E-state index is 14.7. The molecular weight excluding hydrogens is 890 g/mol. The number of likely N-dealkylation sites (tertiary alicyclic amines) is 1. The summed E-state index contributed by atoms with van der Waals surface area (Å²) in [7, 11) is -4.71. The molecule has 5 heterocycles. The molecule has 2 saturated heterocycles. The highest BCUT2D eigenvalue weighted by Gasteiger charge is 2.50. The highest BCUT2D eigenvalue weighted by molar-refractivity contribution is 7.90. The van der Waals surface area contributed by atoms with E-state index in [4.69, 9.17) is 9.47 Å². The molecule has 2 atom stereocenters. The zero-order valence-electron chi connectivity index (χ0n) is 38.8. The van der Waals surface area contributed by atoms with Gasteiger partial charge in [-0.05, 0) is 131 Å². The van der Waals surface area contributed by atoms with Crippen LogP contribution < -0.4 is 24.4 Å². The number of carbonyl (C=O) groups excluding carboxylic acids is 1. The number of aromatic amines is 1. The number of piperidine rings is 1. The number of benzene rings is 3. The first-order valence-electron chi connectivity index (χ1n) is 24.1. The summed E-state index contributed by atoms with van der Waals surface area (Å²) in [6.07, 6.45) is 12.9. The van der Waals surface area contributed by atoms with Crippen LogP contribution in [0.4, 0.5) is 21.5 Å². The Bertz CT molecular complexity index is 2840. The van der Waals surface area contributed by atoms with Gasteiger partial charge < -0.3 is 29.8 Å². The number of nitro benzene ring substituents is 1. The number of ether oxygens (including phenoxy) is 2. The number of rotatable bonds is 12. The Balaban J connectivity index is 0.853. The van der Waals surface area contributed by atoms with Crippen LogP contribution in [0.2, 0.25) is 0 Å². The van der Waals surface area contributed by atoms with Gasteiger partial charge in [-0.1, -0.05) is 38.1 Å². The molecule has 5 aromatic rings. The van der Waals surface area contributed by atoms with Gasteiger partial charge in [-0.3, -0.25) is 19.8 Å². The molecule has 2 aliphatic carbocycles. The van der Waals surface area contributed by atoms with Crippen LogP contribution in [-0.2, 0) is 10.0 Å². The minimum atomic E-state index is -4.71. The summed E-state index contributed by atoms with van der Waals surface area (Å²) in [4.78, 5) is 37.3. The van der Waals surface area contributed by atoms with Crippen LogP contribution in [0.1, 0.15) is 125 Å². The number of aliphatic hydroxyl groups is 1. The Morgan fingerprint density at radius 1 is 1.06 bits per heavy atom. The molecule has 1 amide bonds. The molecule has 2 aromatic heterocycles. The Hall–Kier alpha value is -5.78. The van der Waals surface area contributed by atoms with E-state index in [1.54, 1.807) is 12.1 Å². The molecule has 5 aliphatic rings. The Labute approximate surface area is 396 Å². The second kappa shape index (κ2) is 17.9. The number of sulfonamides is 1. The van der Waals surface area contributed by atoms with Gasteiger partial charge in [0.15, 0.2) is 11.4 Å². The van der Waals surface area contributed by atoms with E-state index in [1.807, 2.05) is 6.92 Å². The fourth-order valence-corrected chi connectivity index (χ4v) is 12.7. The SMILES string of the molecule is CC(C)c1ccccc1[C@@H]1CCCN1C1CC2(CCN(c3ccc(C(=O)NS(=O)(=O)c4cc5c(c([N+](=O)[O-])c4)N[C@@H](CC4CCC(C)(O)CC4)CO5)c(Oc4cnc5[nH]cc(F)c5c4)c3)CC2)C1. The standard InChI is InChI=1S/C51H60FN7O8S/c1-31(2)38-7-4-5-8-39(38)43-9-6-18-58(43)35-26-51(27-35)16-19-57(20-17-51)34-10-11-40(45(22-34)67-36-23-41-42(52)29-54-48(41)53-28-36)49(60)56-68(64,65)37-24-44(59(62)63)47-46(25-37)66-30-33(55-47)21-32-12-14-50(3,61)15-13-32/h4-5,7-8,10-11,22-25,28-29,31-33,35,43,55,61H,6,9,12-21,26-27,30H2,1-3H3,(H,53,54)(H,56,60)/t32?,33-,43-,50?/m0/s1. The first-order valence-corrected chi connectivity index (χ1v) is 25.6. The van der Waals surface area contributed by atoms with Gasteiger partial charge in [0, 0.05) is 55.3 Å². The summed E-state index contributed by atoms with van der Waals surface area (Å²) < 4.78 is 56.9. The number of pyridine rings is 1. The number of nitrogens with one attached hydrogen (secondary N) is 3. The van der Waals surface area contributed by atoms with E-state index in [-0.39, 0.29) is 51.9 Å². The summed E-state index contributed by atoms with van der Waals surface area (Å²) >= 11 is 0. The second-order valence-corrected chi connectivity index (χ2v) is 22.2. The summed E-state index contributed by atoms with van der Waals surface area (Å²) in [5, 5.41) is 26.2. The fraction of sp³-hybridized carbons (Fsp3) is 0.490. The highest BCUT2D eigenvalue weighted by Crippen LogP contribution is 2.54. The van der Waals surface area contributed by atoms with Crippen LogP contribution >= 0.6 is 0 Å². The van der Waals surface area contributed by atoms with E-state index in [0.29, 0.717) is 48.8 Å². The van der Waals surface area contributed by atoms with Crippen molar-refractivity contribution in [2.45, 2.75) is 126 Å². The third-order valence-electron chi connectivity index (χ3n) is 15.5. The van der Waals surface area contributed by atoms with Crippen molar-refractivity contribution >= 4 is 44.0 Å². The number of hydrogen-bond donors (Lipinski definition) is 4. The molecule has 360 valence electrons. The quantitative estimate of drug-likeness (QED) is 0.0685. The lowest BCUT2D eigenvalue weighted by molar-refractivity contribution is -0.384. The van der Waals surface area contributed by atoms with Gasteiger partial charge in [0.2, 0.25) is 0 Å². The number of nitrogens with zero attached hydrogens (tertiary/aromatic N) is 4. The molecule has 0 radical (unpaired) electrons. The Morgan fingerprint density at radius 2 is 1.82 bits per heavy atom. The Morgan fingerprint density at radius 3 is 2.57 bits per heavy atom. The summed E-state index contributed by atoms with van der Waals surface area (Å²) in [6.45, 7) is 9.22. The number of aromatic nitrogens is 2. The number of nitro groups is 1. The number of fused-ring (bicyclic) bond motifs is 2. The van der Waals surface area contributed by atoms with E-state index in [1.165, 1.54) is 54.6 Å². The zero-order chi connectivity index (χ0) is 47.5. The summed E-state index contributed by atoms with van der Waals surface area (Å²) in [5.74, 6) is -0.668. The molecule has 4 N–H and O–H groups in total. The number of anilines is 2. The third kappa shape index (κ3) is 9.11. The second-order valence-electron chi connectivity index (χ2n) is 20.6. The first kappa shape index (κ1) is 46.0. The van der Waals surface area contributed by atoms with Crippen LogP contribution in [-0.4, -0.2) is 83.1 Å². The van der Waals surface area contributed by atoms with Gasteiger partial charge in [-0.2, -0.15) is 0 Å². The van der Waals surface area contributed by atoms with Crippen LogP contribution in [0.25, 0.3) is 11.0 Å². The lowest BCUT2D eigenvalue weighted by Gasteiger charge is -2.56. The average molecular weight is 950 g/mol. The van der Waals surface area contributed by atoms with Crippen molar-refractivity contribution in [2.75, 3.05) is 36.5 Å².